The average molecular weight is 133 g/mol. The van der Waals surface area contributed by atoms with Gasteiger partial charge in [-0.1, -0.05) is 0 Å². The molecule has 3 nitrogen and oxygen atoms in total. The summed E-state index contributed by atoms with van der Waals surface area (Å²) in [5.74, 6) is 0. The van der Waals surface area contributed by atoms with Crippen LogP contribution in [-0.2, 0) is 0 Å². The third-order valence-corrected chi connectivity index (χ3v) is 1.45. The molecule has 0 bridgehead atoms. The molecule has 0 radical (unpaired) electrons. The Balaban J connectivity index is 2.86. The van der Waals surface area contributed by atoms with Gasteiger partial charge in [0.05, 0.1) is 5.52 Å². The summed E-state index contributed by atoms with van der Waals surface area (Å²) < 4.78 is 0. The molecule has 0 saturated carbocycles. The Bertz CT molecular complexity index is 350. The molecule has 0 amide bonds. The number of hydrogen-bond acceptors (Lipinski definition) is 2. The summed E-state index contributed by atoms with van der Waals surface area (Å²) >= 11 is 0. The molecular formula is C7H7N3. The van der Waals surface area contributed by atoms with Gasteiger partial charge < -0.3 is 0 Å². The molecular weight excluding hydrogens is 126 g/mol. The topological polar surface area (TPSA) is 41.6 Å². The normalized spacial score (nSPS) is 10.5. The Labute approximate surface area is 58.1 Å². The fourth-order valence-electron chi connectivity index (χ4n) is 0.935. The number of nitrogens with one attached hydrogen (secondary N) is 1. The molecule has 0 aliphatic heterocycles. The molecule has 50 valence electrons. The number of fused-ring (bicyclic) bond motifs is 1. The molecule has 0 atom stereocenters. The first-order valence-corrected chi connectivity index (χ1v) is 3.12. The van der Waals surface area contributed by atoms with Crippen LogP contribution in [0.2, 0.25) is 0 Å². The second kappa shape index (κ2) is 1.80. The van der Waals surface area contributed by atoms with E-state index in [1.165, 1.54) is 0 Å². The fourth-order valence-corrected chi connectivity index (χ4v) is 0.935. The number of hydrogen-bond donors (Lipinski definition) is 1. The van der Waals surface area contributed by atoms with Crippen molar-refractivity contribution in [1.82, 2.24) is 15.2 Å². The number of H-pyrrole nitrogens is 1. The van der Waals surface area contributed by atoms with E-state index < -0.39 is 0 Å². The van der Waals surface area contributed by atoms with E-state index in [4.69, 9.17) is 0 Å². The third kappa shape index (κ3) is 0.673. The van der Waals surface area contributed by atoms with Crippen LogP contribution in [-0.4, -0.2) is 15.2 Å². The van der Waals surface area contributed by atoms with Crippen LogP contribution in [0.5, 0.6) is 0 Å². The number of pyridine rings is 1. The first-order valence-electron chi connectivity index (χ1n) is 3.12. The zero-order chi connectivity index (χ0) is 6.97. The Morgan fingerprint density at radius 2 is 2.40 bits per heavy atom. The van der Waals surface area contributed by atoms with Gasteiger partial charge in [0.1, 0.15) is 0 Å². The summed E-state index contributed by atoms with van der Waals surface area (Å²) in [7, 11) is 0. The van der Waals surface area contributed by atoms with Crippen molar-refractivity contribution >= 4 is 10.9 Å². The molecule has 0 aromatic carbocycles. The lowest BCUT2D eigenvalue weighted by atomic mass is 10.3. The second-order valence-corrected chi connectivity index (χ2v) is 2.27. The van der Waals surface area contributed by atoms with Gasteiger partial charge in [-0.05, 0) is 13.0 Å². The molecule has 2 rings (SSSR count). The SMILES string of the molecule is Cc1cc2n[nH]cc2cn1. The lowest BCUT2D eigenvalue weighted by molar-refractivity contribution is 1.12. The summed E-state index contributed by atoms with van der Waals surface area (Å²) in [6, 6.07) is 1.95. The Hall–Kier alpha value is -1.38. The molecule has 0 fully saturated rings. The molecule has 1 N–H and O–H groups in total. The number of aryl methyl sites for hydroxylation is 1. The zero-order valence-electron chi connectivity index (χ0n) is 5.63. The van der Waals surface area contributed by atoms with Crippen LogP contribution < -0.4 is 0 Å². The van der Waals surface area contributed by atoms with Crippen molar-refractivity contribution in [2.75, 3.05) is 0 Å². The first-order chi connectivity index (χ1) is 4.86. The van der Waals surface area contributed by atoms with Crippen molar-refractivity contribution in [3.63, 3.8) is 0 Å². The van der Waals surface area contributed by atoms with E-state index in [1.807, 2.05) is 25.4 Å². The van der Waals surface area contributed by atoms with Gasteiger partial charge in [-0.2, -0.15) is 5.10 Å². The average Bonchev–Trinajstić information content (AvgIpc) is 2.33. The summed E-state index contributed by atoms with van der Waals surface area (Å²) in [5, 5.41) is 7.85. The van der Waals surface area contributed by atoms with Crippen LogP contribution >= 0.6 is 0 Å². The summed E-state index contributed by atoms with van der Waals surface area (Å²) in [6.45, 7) is 1.95. The van der Waals surface area contributed by atoms with Crippen molar-refractivity contribution in [3.05, 3.63) is 24.2 Å². The predicted molar refractivity (Wildman–Crippen MR) is 38.6 cm³/mol. The monoisotopic (exact) mass is 133 g/mol. The van der Waals surface area contributed by atoms with Gasteiger partial charge in [-0.3, -0.25) is 10.1 Å². The van der Waals surface area contributed by atoms with Gasteiger partial charge in [-0.25, -0.2) is 0 Å². The van der Waals surface area contributed by atoms with Crippen LogP contribution in [0.25, 0.3) is 10.9 Å². The van der Waals surface area contributed by atoms with Crippen LogP contribution in [0, 0.1) is 6.92 Å². The van der Waals surface area contributed by atoms with E-state index in [2.05, 4.69) is 15.2 Å². The second-order valence-electron chi connectivity index (χ2n) is 2.27. The molecule has 0 aliphatic carbocycles. The Kier molecular flexibility index (Phi) is 0.974. The summed E-state index contributed by atoms with van der Waals surface area (Å²) in [6.07, 6.45) is 3.65. The highest BCUT2D eigenvalue weighted by Gasteiger charge is 1.94. The molecule has 0 saturated heterocycles. The fraction of sp³-hybridized carbons (Fsp3) is 0.143. The van der Waals surface area contributed by atoms with Gasteiger partial charge in [0.15, 0.2) is 0 Å². The minimum absolute atomic E-state index is 0.979. The molecule has 2 aromatic rings. The lowest BCUT2D eigenvalue weighted by Gasteiger charge is -1.87. The lowest BCUT2D eigenvalue weighted by Crippen LogP contribution is -1.77. The van der Waals surface area contributed by atoms with Crippen molar-refractivity contribution in [2.45, 2.75) is 6.92 Å². The minimum Gasteiger partial charge on any atom is -0.284 e. The Morgan fingerprint density at radius 1 is 1.50 bits per heavy atom. The Morgan fingerprint density at radius 3 is 3.30 bits per heavy atom. The minimum atomic E-state index is 0.979. The van der Waals surface area contributed by atoms with Crippen LogP contribution in [0.1, 0.15) is 5.69 Å². The third-order valence-electron chi connectivity index (χ3n) is 1.45. The molecule has 2 aromatic heterocycles. The van der Waals surface area contributed by atoms with E-state index in [9.17, 15) is 0 Å². The van der Waals surface area contributed by atoms with Crippen LogP contribution in [0.15, 0.2) is 18.5 Å². The highest BCUT2D eigenvalue weighted by atomic mass is 15.1. The van der Waals surface area contributed by atoms with Gasteiger partial charge >= 0.3 is 0 Å². The van der Waals surface area contributed by atoms with E-state index in [0.717, 1.165) is 16.6 Å². The van der Waals surface area contributed by atoms with Crippen molar-refractivity contribution in [1.29, 1.82) is 0 Å². The highest BCUT2D eigenvalue weighted by molar-refractivity contribution is 5.76. The molecule has 0 spiro atoms. The molecule has 2 heterocycles. The molecule has 3 heteroatoms. The molecule has 10 heavy (non-hydrogen) atoms. The van der Waals surface area contributed by atoms with Crippen molar-refractivity contribution in [2.24, 2.45) is 0 Å². The number of nitrogens with zero attached hydrogens (tertiary/aromatic N) is 2. The predicted octanol–water partition coefficient (Wildman–Crippen LogP) is 1.27. The maximum Gasteiger partial charge on any atom is 0.0954 e. The highest BCUT2D eigenvalue weighted by Crippen LogP contribution is 2.08. The van der Waals surface area contributed by atoms with E-state index in [0.29, 0.717) is 0 Å². The summed E-state index contributed by atoms with van der Waals surface area (Å²) in [4.78, 5) is 4.12. The smallest absolute Gasteiger partial charge is 0.0954 e. The largest absolute Gasteiger partial charge is 0.284 e. The van der Waals surface area contributed by atoms with Crippen LogP contribution in [0.3, 0.4) is 0 Å². The number of rotatable bonds is 0. The van der Waals surface area contributed by atoms with Gasteiger partial charge in [0, 0.05) is 23.5 Å². The summed E-state index contributed by atoms with van der Waals surface area (Å²) in [5.41, 5.74) is 1.98. The van der Waals surface area contributed by atoms with E-state index in [1.54, 1.807) is 0 Å². The molecule has 0 unspecified atom stereocenters. The molecule has 0 aliphatic rings. The number of aromatic nitrogens is 3. The maximum absolute atomic E-state index is 4.12. The van der Waals surface area contributed by atoms with Gasteiger partial charge in [0.25, 0.3) is 0 Å². The van der Waals surface area contributed by atoms with Crippen molar-refractivity contribution < 1.29 is 0 Å². The van der Waals surface area contributed by atoms with Gasteiger partial charge in [0.2, 0.25) is 0 Å². The first kappa shape index (κ1) is 5.41. The van der Waals surface area contributed by atoms with Crippen molar-refractivity contribution in [3.8, 4) is 0 Å². The van der Waals surface area contributed by atoms with Crippen LogP contribution in [0.4, 0.5) is 0 Å². The van der Waals surface area contributed by atoms with E-state index >= 15 is 0 Å². The zero-order valence-corrected chi connectivity index (χ0v) is 5.63. The number of aromatic amines is 1. The maximum atomic E-state index is 4.12. The van der Waals surface area contributed by atoms with Gasteiger partial charge in [-0.15, -0.1) is 0 Å². The quantitative estimate of drug-likeness (QED) is 0.588. The standard InChI is InChI=1S/C7H7N3/c1-5-2-7-6(3-8-5)4-9-10-7/h2-4H,1H3,(H,9,10). The van der Waals surface area contributed by atoms with E-state index in [-0.39, 0.29) is 0 Å².